The molecule has 0 spiro atoms. The summed E-state index contributed by atoms with van der Waals surface area (Å²) >= 11 is 0. The number of allylic oxidation sites excluding steroid dienone is 2. The zero-order chi connectivity index (χ0) is 30.1. The molecule has 3 amide bonds. The highest BCUT2D eigenvalue weighted by molar-refractivity contribution is 5.87. The van der Waals surface area contributed by atoms with Crippen molar-refractivity contribution in [3.05, 3.63) is 82.9 Å². The number of para-hydroxylation sites is 1. The first-order valence-electron chi connectivity index (χ1n) is 14.7. The van der Waals surface area contributed by atoms with Gasteiger partial charge in [-0.2, -0.15) is 13.2 Å². The van der Waals surface area contributed by atoms with Gasteiger partial charge in [0.15, 0.2) is 0 Å². The molecule has 2 aromatic carbocycles. The van der Waals surface area contributed by atoms with E-state index in [-0.39, 0.29) is 17.9 Å². The lowest BCUT2D eigenvalue weighted by molar-refractivity contribution is -0.137. The number of piperidine rings is 1. The third-order valence-corrected chi connectivity index (χ3v) is 8.23. The Morgan fingerprint density at radius 1 is 1.00 bits per heavy atom. The Morgan fingerprint density at radius 2 is 1.79 bits per heavy atom. The van der Waals surface area contributed by atoms with Gasteiger partial charge < -0.3 is 20.4 Å². The summed E-state index contributed by atoms with van der Waals surface area (Å²) in [6.07, 6.45) is 1.72. The van der Waals surface area contributed by atoms with Crippen LogP contribution in [0.4, 0.5) is 23.7 Å². The second-order valence-electron chi connectivity index (χ2n) is 12.4. The van der Waals surface area contributed by atoms with Gasteiger partial charge in [-0.3, -0.25) is 4.79 Å². The van der Waals surface area contributed by atoms with Gasteiger partial charge in [0.1, 0.15) is 0 Å². The molecule has 2 heterocycles. The Kier molecular flexibility index (Phi) is 8.39. The molecule has 0 aromatic heterocycles. The normalized spacial score (nSPS) is 20.6. The topological polar surface area (TPSA) is 64.7 Å². The molecule has 1 saturated heterocycles. The predicted molar refractivity (Wildman–Crippen MR) is 159 cm³/mol. The van der Waals surface area contributed by atoms with Crippen LogP contribution in [0.3, 0.4) is 0 Å². The number of halogens is 3. The Bertz CT molecular complexity index is 1390. The van der Waals surface area contributed by atoms with Crippen LogP contribution in [0.15, 0.2) is 66.3 Å². The number of fused-ring (bicyclic) bond motifs is 2. The number of hydrogen-bond donors (Lipinski definition) is 2. The van der Waals surface area contributed by atoms with Crippen LogP contribution >= 0.6 is 0 Å². The van der Waals surface area contributed by atoms with E-state index in [1.54, 1.807) is 23.1 Å². The molecule has 1 fully saturated rings. The Morgan fingerprint density at radius 3 is 2.55 bits per heavy atom. The van der Waals surface area contributed by atoms with Crippen molar-refractivity contribution in [3.63, 3.8) is 0 Å². The van der Waals surface area contributed by atoms with E-state index < -0.39 is 23.2 Å². The van der Waals surface area contributed by atoms with Gasteiger partial charge in [0.25, 0.3) is 0 Å². The minimum atomic E-state index is -4.45. The number of hydrogen-bond acceptors (Lipinski definition) is 3. The molecule has 2 aliphatic heterocycles. The molecule has 0 radical (unpaired) electrons. The predicted octanol–water partition coefficient (Wildman–Crippen LogP) is 6.04. The maximum Gasteiger partial charge on any atom is 0.416 e. The van der Waals surface area contributed by atoms with E-state index in [2.05, 4.69) is 27.7 Å². The Labute approximate surface area is 245 Å². The second kappa shape index (κ2) is 11.9. The summed E-state index contributed by atoms with van der Waals surface area (Å²) < 4.78 is 40.5. The number of likely N-dealkylation sites (tertiary alicyclic amines) is 1. The smallest absolute Gasteiger partial charge is 0.370 e. The van der Waals surface area contributed by atoms with Crippen molar-refractivity contribution >= 4 is 23.2 Å². The summed E-state index contributed by atoms with van der Waals surface area (Å²) in [5.74, 6) is -1.01. The number of carbonyl (C=O) groups excluding carboxylic acids is 2. The first kappa shape index (κ1) is 29.7. The van der Waals surface area contributed by atoms with Gasteiger partial charge in [-0.25, -0.2) is 4.79 Å². The standard InChI is InChI=1S/C33H39F3N4O2/c1-32(2,3)38-31(42)40-18-15-26-25(23-9-6-11-24(20-23)33(34,35)36)13-14-27(28(26)21-40)30(41)37-16-19-39-17-7-10-22-8-4-5-12-29(22)39/h4-6,8-9,11-14,20,27-28H,7,10,15-19,21H2,1-3H3,(H,37,41)(H,38,42). The second-order valence-corrected chi connectivity index (χ2v) is 12.4. The van der Waals surface area contributed by atoms with Crippen molar-refractivity contribution in [1.82, 2.24) is 15.5 Å². The number of carbonyl (C=O) groups is 2. The minimum Gasteiger partial charge on any atom is -0.370 e. The van der Waals surface area contributed by atoms with Crippen molar-refractivity contribution in [2.45, 2.75) is 51.7 Å². The average molecular weight is 581 g/mol. The summed E-state index contributed by atoms with van der Waals surface area (Å²) in [6, 6.07) is 13.5. The van der Waals surface area contributed by atoms with Gasteiger partial charge in [-0.05, 0) is 74.9 Å². The zero-order valence-electron chi connectivity index (χ0n) is 24.4. The summed E-state index contributed by atoms with van der Waals surface area (Å²) in [4.78, 5) is 30.7. The van der Waals surface area contributed by atoms with Crippen LogP contribution in [0.5, 0.6) is 0 Å². The van der Waals surface area contributed by atoms with Crippen LogP contribution in [0.25, 0.3) is 5.57 Å². The van der Waals surface area contributed by atoms with Gasteiger partial charge in [0.2, 0.25) is 5.91 Å². The lowest BCUT2D eigenvalue weighted by atomic mass is 9.73. The largest absolute Gasteiger partial charge is 0.416 e. The molecule has 224 valence electrons. The quantitative estimate of drug-likeness (QED) is 0.453. The summed E-state index contributed by atoms with van der Waals surface area (Å²) in [5.41, 5.74) is 3.48. The van der Waals surface area contributed by atoms with Crippen molar-refractivity contribution in [2.24, 2.45) is 11.8 Å². The minimum absolute atomic E-state index is 0.139. The fourth-order valence-electron chi connectivity index (χ4n) is 6.26. The molecule has 5 rings (SSSR count). The Hall–Kier alpha value is -3.75. The molecule has 42 heavy (non-hydrogen) atoms. The van der Waals surface area contributed by atoms with E-state index in [1.807, 2.05) is 32.9 Å². The average Bonchev–Trinajstić information content (AvgIpc) is 2.95. The van der Waals surface area contributed by atoms with Crippen LogP contribution in [-0.4, -0.2) is 55.1 Å². The van der Waals surface area contributed by atoms with E-state index in [0.29, 0.717) is 43.7 Å². The first-order valence-corrected chi connectivity index (χ1v) is 14.7. The molecule has 2 N–H and O–H groups in total. The maximum absolute atomic E-state index is 13.6. The maximum atomic E-state index is 13.6. The molecule has 2 aromatic rings. The van der Waals surface area contributed by atoms with E-state index in [1.165, 1.54) is 23.4 Å². The third-order valence-electron chi connectivity index (χ3n) is 8.23. The number of urea groups is 1. The number of rotatable bonds is 5. The van der Waals surface area contributed by atoms with Crippen LogP contribution in [0.2, 0.25) is 0 Å². The summed E-state index contributed by atoms with van der Waals surface area (Å²) in [7, 11) is 0. The monoisotopic (exact) mass is 580 g/mol. The van der Waals surface area contributed by atoms with Crippen molar-refractivity contribution in [3.8, 4) is 0 Å². The summed E-state index contributed by atoms with van der Waals surface area (Å²) in [6.45, 7) is 8.54. The number of nitrogens with zero attached hydrogens (tertiary/aromatic N) is 2. The van der Waals surface area contributed by atoms with E-state index in [4.69, 9.17) is 0 Å². The molecule has 9 heteroatoms. The molecule has 0 bridgehead atoms. The van der Waals surface area contributed by atoms with Gasteiger partial charge in [-0.1, -0.05) is 48.1 Å². The van der Waals surface area contributed by atoms with Crippen molar-refractivity contribution < 1.29 is 22.8 Å². The number of amides is 3. The number of aryl methyl sites for hydroxylation is 1. The molecular formula is C33H39F3N4O2. The molecule has 1 aliphatic carbocycles. The van der Waals surface area contributed by atoms with Crippen LogP contribution in [0, 0.1) is 11.8 Å². The van der Waals surface area contributed by atoms with E-state index in [0.717, 1.165) is 31.0 Å². The number of nitrogens with one attached hydrogen (secondary N) is 2. The van der Waals surface area contributed by atoms with Crippen LogP contribution < -0.4 is 15.5 Å². The highest BCUT2D eigenvalue weighted by atomic mass is 19.4. The number of alkyl halides is 3. The molecule has 2 unspecified atom stereocenters. The first-order chi connectivity index (χ1) is 19.9. The van der Waals surface area contributed by atoms with Crippen molar-refractivity contribution in [1.29, 1.82) is 0 Å². The van der Waals surface area contributed by atoms with Gasteiger partial charge in [0.05, 0.1) is 11.5 Å². The van der Waals surface area contributed by atoms with Gasteiger partial charge >= 0.3 is 12.2 Å². The number of anilines is 1. The molecule has 0 saturated carbocycles. The molecular weight excluding hydrogens is 541 g/mol. The summed E-state index contributed by atoms with van der Waals surface area (Å²) in [5, 5.41) is 6.10. The lowest BCUT2D eigenvalue weighted by Crippen LogP contribution is -2.53. The fraction of sp³-hybridized carbons (Fsp3) is 0.455. The molecule has 2 atom stereocenters. The number of benzene rings is 2. The molecule has 3 aliphatic rings. The fourth-order valence-corrected chi connectivity index (χ4v) is 6.26. The SMILES string of the molecule is CC(C)(C)NC(=O)N1CCC2=C(c3cccc(C(F)(F)F)c3)C=CC(C(=O)NCCN3CCCc4ccccc43)C2C1. The van der Waals surface area contributed by atoms with Gasteiger partial charge in [-0.15, -0.1) is 0 Å². The highest BCUT2D eigenvalue weighted by Gasteiger charge is 2.39. The van der Waals surface area contributed by atoms with E-state index >= 15 is 0 Å². The third kappa shape index (κ3) is 6.66. The van der Waals surface area contributed by atoms with Crippen molar-refractivity contribution in [2.75, 3.05) is 37.6 Å². The van der Waals surface area contributed by atoms with Crippen LogP contribution in [-0.2, 0) is 17.4 Å². The van der Waals surface area contributed by atoms with E-state index in [9.17, 15) is 22.8 Å². The highest BCUT2D eigenvalue weighted by Crippen LogP contribution is 2.41. The molecule has 6 nitrogen and oxygen atoms in total. The zero-order valence-corrected chi connectivity index (χ0v) is 24.4. The lowest BCUT2D eigenvalue weighted by Gasteiger charge is -2.41. The van der Waals surface area contributed by atoms with Crippen LogP contribution in [0.1, 0.15) is 50.3 Å². The van der Waals surface area contributed by atoms with Gasteiger partial charge in [0, 0.05) is 49.9 Å². The Balaban J connectivity index is 1.35.